The molecule has 5 nitrogen and oxygen atoms in total. The Bertz CT molecular complexity index is 306. The molecule has 118 valence electrons. The normalized spacial score (nSPS) is 10.5. The summed E-state index contributed by atoms with van der Waals surface area (Å²) in [6.07, 6.45) is 4.97. The van der Waals surface area contributed by atoms with Crippen LogP contribution in [0.2, 0.25) is 0 Å². The molecule has 0 aromatic carbocycles. The molecule has 20 heavy (non-hydrogen) atoms. The Labute approximate surface area is 140 Å². The average Bonchev–Trinajstić information content (AvgIpc) is 2.38. The van der Waals surface area contributed by atoms with Crippen molar-refractivity contribution in [2.24, 2.45) is 4.99 Å². The number of guanidine groups is 1. The van der Waals surface area contributed by atoms with Crippen molar-refractivity contribution < 1.29 is 4.79 Å². The fraction of sp³-hybridized carbons (Fsp3) is 0.714. The maximum absolute atomic E-state index is 11.6. The van der Waals surface area contributed by atoms with Gasteiger partial charge in [0.05, 0.1) is 0 Å². The lowest BCUT2D eigenvalue weighted by atomic mass is 10.3. The molecule has 0 atom stereocenters. The second-order valence-electron chi connectivity index (χ2n) is 4.71. The minimum atomic E-state index is 0. The second-order valence-corrected chi connectivity index (χ2v) is 4.71. The third kappa shape index (κ3) is 10.1. The Morgan fingerprint density at radius 1 is 1.35 bits per heavy atom. The zero-order valence-corrected chi connectivity index (χ0v) is 15.5. The van der Waals surface area contributed by atoms with Crippen LogP contribution in [0, 0.1) is 0 Å². The number of amides is 1. The van der Waals surface area contributed by atoms with Gasteiger partial charge in [0.1, 0.15) is 6.54 Å². The Hall–Kier alpha value is -0.790. The predicted octanol–water partition coefficient (Wildman–Crippen LogP) is 1.95. The number of hydrogen-bond acceptors (Lipinski definition) is 2. The van der Waals surface area contributed by atoms with Crippen molar-refractivity contribution in [1.29, 1.82) is 0 Å². The van der Waals surface area contributed by atoms with E-state index in [1.807, 2.05) is 13.1 Å². The summed E-state index contributed by atoms with van der Waals surface area (Å²) in [6.45, 7) is 7.77. The van der Waals surface area contributed by atoms with Gasteiger partial charge in [0.2, 0.25) is 5.91 Å². The lowest BCUT2D eigenvalue weighted by Gasteiger charge is -2.22. The van der Waals surface area contributed by atoms with Crippen LogP contribution in [0.3, 0.4) is 0 Å². The highest BCUT2D eigenvalue weighted by Crippen LogP contribution is 1.95. The summed E-state index contributed by atoms with van der Waals surface area (Å²) in [5.74, 6) is 0.802. The van der Waals surface area contributed by atoms with E-state index in [1.54, 1.807) is 19.0 Å². The number of aliphatic imine (C=N–C) groups is 1. The average molecular weight is 396 g/mol. The molecule has 0 heterocycles. The molecule has 1 amide bonds. The molecule has 0 saturated heterocycles. The molecule has 6 heteroatoms. The van der Waals surface area contributed by atoms with E-state index in [-0.39, 0.29) is 36.4 Å². The summed E-state index contributed by atoms with van der Waals surface area (Å²) >= 11 is 0. The second kappa shape index (κ2) is 13.2. The Morgan fingerprint density at radius 3 is 2.50 bits per heavy atom. The maximum atomic E-state index is 11.6. The summed E-state index contributed by atoms with van der Waals surface area (Å²) in [7, 11) is 5.47. The van der Waals surface area contributed by atoms with Gasteiger partial charge in [-0.3, -0.25) is 4.79 Å². The number of unbranched alkanes of at least 4 members (excludes halogenated alkanes) is 1. The maximum Gasteiger partial charge on any atom is 0.243 e. The summed E-state index contributed by atoms with van der Waals surface area (Å²) < 4.78 is 0. The molecule has 0 unspecified atom stereocenters. The smallest absolute Gasteiger partial charge is 0.243 e. The van der Waals surface area contributed by atoms with Crippen molar-refractivity contribution in [3.05, 3.63) is 12.7 Å². The van der Waals surface area contributed by atoms with Gasteiger partial charge in [-0.1, -0.05) is 13.0 Å². The molecule has 0 aliphatic rings. The monoisotopic (exact) mass is 396 g/mol. The van der Waals surface area contributed by atoms with Crippen molar-refractivity contribution in [2.45, 2.75) is 26.2 Å². The molecule has 0 radical (unpaired) electrons. The number of likely N-dealkylation sites (N-methyl/N-ethyl adjacent to an activating group) is 1. The zero-order chi connectivity index (χ0) is 14.7. The number of carbonyl (C=O) groups is 1. The molecule has 1 N–H and O–H groups in total. The van der Waals surface area contributed by atoms with Crippen LogP contribution in [-0.4, -0.2) is 62.4 Å². The lowest BCUT2D eigenvalue weighted by molar-refractivity contribution is -0.127. The third-order valence-electron chi connectivity index (χ3n) is 2.66. The van der Waals surface area contributed by atoms with Crippen LogP contribution in [0.25, 0.3) is 0 Å². The Kier molecular flexibility index (Phi) is 14.2. The van der Waals surface area contributed by atoms with Gasteiger partial charge in [0.15, 0.2) is 5.96 Å². The van der Waals surface area contributed by atoms with Gasteiger partial charge in [-0.15, -0.1) is 30.6 Å². The van der Waals surface area contributed by atoms with Crippen molar-refractivity contribution in [2.75, 3.05) is 40.8 Å². The zero-order valence-electron chi connectivity index (χ0n) is 13.2. The van der Waals surface area contributed by atoms with Gasteiger partial charge in [0, 0.05) is 34.2 Å². The molecule has 0 bridgehead atoms. The first-order chi connectivity index (χ1) is 9.02. The van der Waals surface area contributed by atoms with Gasteiger partial charge in [-0.2, -0.15) is 0 Å². The van der Waals surface area contributed by atoms with Crippen molar-refractivity contribution >= 4 is 35.8 Å². The summed E-state index contributed by atoms with van der Waals surface area (Å²) in [5, 5.41) is 3.27. The number of nitrogens with zero attached hydrogens (tertiary/aromatic N) is 3. The molecule has 0 aromatic rings. The van der Waals surface area contributed by atoms with Crippen LogP contribution < -0.4 is 5.32 Å². The number of nitrogens with one attached hydrogen (secondary N) is 1. The number of halogens is 1. The SMILES string of the molecule is C=CCCCN(C)C(=NCC(=O)N(C)C)NCCC.I. The van der Waals surface area contributed by atoms with Gasteiger partial charge < -0.3 is 15.1 Å². The minimum Gasteiger partial charge on any atom is -0.356 e. The minimum absolute atomic E-state index is 0. The molecule has 0 saturated carbocycles. The van der Waals surface area contributed by atoms with Crippen molar-refractivity contribution in [3.63, 3.8) is 0 Å². The van der Waals surface area contributed by atoms with E-state index in [9.17, 15) is 4.79 Å². The first-order valence-electron chi connectivity index (χ1n) is 6.83. The van der Waals surface area contributed by atoms with Gasteiger partial charge in [0.25, 0.3) is 0 Å². The third-order valence-corrected chi connectivity index (χ3v) is 2.66. The fourth-order valence-corrected chi connectivity index (χ4v) is 1.41. The van der Waals surface area contributed by atoms with E-state index >= 15 is 0 Å². The van der Waals surface area contributed by atoms with Crippen LogP contribution in [0.15, 0.2) is 17.6 Å². The van der Waals surface area contributed by atoms with E-state index < -0.39 is 0 Å². The molecule has 0 spiro atoms. The highest BCUT2D eigenvalue weighted by Gasteiger charge is 2.07. The van der Waals surface area contributed by atoms with Crippen LogP contribution in [0.5, 0.6) is 0 Å². The number of hydrogen-bond donors (Lipinski definition) is 1. The molecular weight excluding hydrogens is 367 g/mol. The Balaban J connectivity index is 0. The molecule has 0 aliphatic carbocycles. The van der Waals surface area contributed by atoms with Crippen LogP contribution >= 0.6 is 24.0 Å². The molecule has 0 aromatic heterocycles. The van der Waals surface area contributed by atoms with E-state index in [4.69, 9.17) is 0 Å². The molecule has 0 fully saturated rings. The van der Waals surface area contributed by atoms with E-state index in [0.717, 1.165) is 38.3 Å². The largest absolute Gasteiger partial charge is 0.356 e. The highest BCUT2D eigenvalue weighted by molar-refractivity contribution is 14.0. The van der Waals surface area contributed by atoms with E-state index in [0.29, 0.717) is 0 Å². The number of allylic oxidation sites excluding steroid dienone is 1. The fourth-order valence-electron chi connectivity index (χ4n) is 1.41. The Morgan fingerprint density at radius 2 is 2.00 bits per heavy atom. The number of carbonyl (C=O) groups excluding carboxylic acids is 1. The topological polar surface area (TPSA) is 47.9 Å². The van der Waals surface area contributed by atoms with Crippen molar-refractivity contribution in [3.8, 4) is 0 Å². The predicted molar refractivity (Wildman–Crippen MR) is 96.8 cm³/mol. The summed E-state index contributed by atoms with van der Waals surface area (Å²) in [6, 6.07) is 0. The first-order valence-corrected chi connectivity index (χ1v) is 6.83. The summed E-state index contributed by atoms with van der Waals surface area (Å²) in [5.41, 5.74) is 0. The molecular formula is C14H29IN4O. The van der Waals surface area contributed by atoms with Crippen molar-refractivity contribution in [1.82, 2.24) is 15.1 Å². The van der Waals surface area contributed by atoms with Gasteiger partial charge in [-0.25, -0.2) is 4.99 Å². The summed E-state index contributed by atoms with van der Waals surface area (Å²) in [4.78, 5) is 19.6. The molecule has 0 rings (SSSR count). The van der Waals surface area contributed by atoms with E-state index in [1.165, 1.54) is 0 Å². The van der Waals surface area contributed by atoms with E-state index in [2.05, 4.69) is 28.7 Å². The molecule has 0 aliphatic heterocycles. The highest BCUT2D eigenvalue weighted by atomic mass is 127. The van der Waals surface area contributed by atoms with Crippen LogP contribution in [0.4, 0.5) is 0 Å². The van der Waals surface area contributed by atoms with Gasteiger partial charge in [-0.05, 0) is 19.3 Å². The van der Waals surface area contributed by atoms with Gasteiger partial charge >= 0.3 is 0 Å². The lowest BCUT2D eigenvalue weighted by Crippen LogP contribution is -2.40. The quantitative estimate of drug-likeness (QED) is 0.224. The standard InChI is InChI=1S/C14H28N4O.HI/c1-6-8-9-11-18(5)14(15-10-7-2)16-12-13(19)17(3)4;/h6H,1,7-12H2,2-5H3,(H,15,16);1H. The first kappa shape index (κ1) is 21.5. The van der Waals surface area contributed by atoms with Crippen LogP contribution in [0.1, 0.15) is 26.2 Å². The van der Waals surface area contributed by atoms with Crippen LogP contribution in [-0.2, 0) is 4.79 Å². The number of rotatable bonds is 8.